The van der Waals surface area contributed by atoms with Crippen LogP contribution in [0.15, 0.2) is 42.5 Å². The van der Waals surface area contributed by atoms with Gasteiger partial charge in [0.05, 0.1) is 12.8 Å². The first kappa shape index (κ1) is 14.3. The van der Waals surface area contributed by atoms with Crippen LogP contribution in [0, 0.1) is 12.7 Å². The molecule has 2 rings (SSSR count). The van der Waals surface area contributed by atoms with Crippen molar-refractivity contribution in [2.45, 2.75) is 6.92 Å². The summed E-state index contributed by atoms with van der Waals surface area (Å²) in [6.45, 7) is 1.94. The first-order valence-corrected chi connectivity index (χ1v) is 6.48. The van der Waals surface area contributed by atoms with E-state index < -0.39 is 0 Å². The molecule has 0 radical (unpaired) electrons. The second-order valence-corrected chi connectivity index (χ2v) is 4.65. The van der Waals surface area contributed by atoms with Gasteiger partial charge in [-0.2, -0.15) is 0 Å². The maximum atomic E-state index is 13.5. The third-order valence-electron chi connectivity index (χ3n) is 2.80. The summed E-state index contributed by atoms with van der Waals surface area (Å²) in [5.41, 5.74) is 2.18. The molecular formula is C15H15FN2OS. The molecule has 0 saturated carbocycles. The quantitative estimate of drug-likeness (QED) is 0.839. The van der Waals surface area contributed by atoms with Crippen LogP contribution in [0.1, 0.15) is 5.56 Å². The summed E-state index contributed by atoms with van der Waals surface area (Å²) in [6.07, 6.45) is 0. The van der Waals surface area contributed by atoms with Crippen LogP contribution in [0.5, 0.6) is 5.75 Å². The van der Waals surface area contributed by atoms with E-state index in [1.165, 1.54) is 6.07 Å². The topological polar surface area (TPSA) is 33.3 Å². The fourth-order valence-electron chi connectivity index (χ4n) is 1.74. The lowest BCUT2D eigenvalue weighted by Gasteiger charge is -2.13. The normalized spacial score (nSPS) is 9.95. The van der Waals surface area contributed by atoms with Crippen LogP contribution >= 0.6 is 12.2 Å². The maximum Gasteiger partial charge on any atom is 0.175 e. The van der Waals surface area contributed by atoms with Gasteiger partial charge in [0, 0.05) is 5.69 Å². The predicted octanol–water partition coefficient (Wildman–Crippen LogP) is 3.95. The Kier molecular flexibility index (Phi) is 4.53. The fourth-order valence-corrected chi connectivity index (χ4v) is 1.96. The van der Waals surface area contributed by atoms with Crippen LogP contribution in [0.3, 0.4) is 0 Å². The minimum atomic E-state index is -0.344. The van der Waals surface area contributed by atoms with Gasteiger partial charge in [-0.3, -0.25) is 0 Å². The van der Waals surface area contributed by atoms with Gasteiger partial charge in [-0.25, -0.2) is 4.39 Å². The summed E-state index contributed by atoms with van der Waals surface area (Å²) in [5.74, 6) is 0.434. The molecule has 104 valence electrons. The Balaban J connectivity index is 2.07. The maximum absolute atomic E-state index is 13.5. The SMILES string of the molecule is COc1ccc(NC(=S)Nc2ccccc2F)c(C)c1. The molecule has 0 heterocycles. The summed E-state index contributed by atoms with van der Waals surface area (Å²) in [7, 11) is 1.62. The zero-order valence-electron chi connectivity index (χ0n) is 11.2. The highest BCUT2D eigenvalue weighted by atomic mass is 32.1. The summed E-state index contributed by atoms with van der Waals surface area (Å²) in [4.78, 5) is 0. The Morgan fingerprint density at radius 1 is 1.10 bits per heavy atom. The Bertz CT molecular complexity index is 631. The summed E-state index contributed by atoms with van der Waals surface area (Å²) < 4.78 is 18.6. The molecule has 0 aliphatic heterocycles. The third-order valence-corrected chi connectivity index (χ3v) is 3.01. The van der Waals surface area contributed by atoms with E-state index in [9.17, 15) is 4.39 Å². The van der Waals surface area contributed by atoms with Crippen LogP contribution in [-0.4, -0.2) is 12.2 Å². The molecule has 0 bridgehead atoms. The van der Waals surface area contributed by atoms with E-state index in [4.69, 9.17) is 17.0 Å². The van der Waals surface area contributed by atoms with Gasteiger partial charge in [0.15, 0.2) is 5.11 Å². The van der Waals surface area contributed by atoms with Crippen molar-refractivity contribution in [2.75, 3.05) is 17.7 Å². The standard InChI is InChI=1S/C15H15FN2OS/c1-10-9-11(19-2)7-8-13(10)17-15(20)18-14-6-4-3-5-12(14)16/h3-9H,1-2H3,(H2,17,18,20). The van der Waals surface area contributed by atoms with Gasteiger partial charge in [-0.1, -0.05) is 12.1 Å². The molecule has 2 N–H and O–H groups in total. The van der Waals surface area contributed by atoms with Gasteiger partial charge in [-0.15, -0.1) is 0 Å². The molecule has 0 saturated heterocycles. The van der Waals surface area contributed by atoms with Crippen LogP contribution in [-0.2, 0) is 0 Å². The molecule has 3 nitrogen and oxygen atoms in total. The van der Waals surface area contributed by atoms with E-state index in [1.54, 1.807) is 25.3 Å². The van der Waals surface area contributed by atoms with Gasteiger partial charge in [0.25, 0.3) is 0 Å². The Labute approximate surface area is 122 Å². The molecular weight excluding hydrogens is 275 g/mol. The number of hydrogen-bond acceptors (Lipinski definition) is 2. The number of halogens is 1. The molecule has 20 heavy (non-hydrogen) atoms. The van der Waals surface area contributed by atoms with E-state index in [-0.39, 0.29) is 5.82 Å². The molecule has 0 fully saturated rings. The summed E-state index contributed by atoms with van der Waals surface area (Å²) in [5, 5.41) is 6.20. The fraction of sp³-hybridized carbons (Fsp3) is 0.133. The van der Waals surface area contributed by atoms with E-state index in [0.717, 1.165) is 17.0 Å². The summed E-state index contributed by atoms with van der Waals surface area (Å²) in [6, 6.07) is 12.0. The molecule has 2 aromatic carbocycles. The third kappa shape index (κ3) is 3.45. The number of rotatable bonds is 3. The average Bonchev–Trinajstić information content (AvgIpc) is 2.43. The number of nitrogens with one attached hydrogen (secondary N) is 2. The molecule has 0 amide bonds. The highest BCUT2D eigenvalue weighted by Crippen LogP contribution is 2.21. The van der Waals surface area contributed by atoms with Crippen molar-refractivity contribution in [1.29, 1.82) is 0 Å². The highest BCUT2D eigenvalue weighted by molar-refractivity contribution is 7.80. The van der Waals surface area contributed by atoms with Crippen molar-refractivity contribution in [1.82, 2.24) is 0 Å². The van der Waals surface area contributed by atoms with Crippen molar-refractivity contribution < 1.29 is 9.13 Å². The molecule has 5 heteroatoms. The Morgan fingerprint density at radius 2 is 1.80 bits per heavy atom. The molecule has 0 aliphatic rings. The summed E-state index contributed by atoms with van der Waals surface area (Å²) >= 11 is 5.18. The molecule has 0 unspecified atom stereocenters. The van der Waals surface area contributed by atoms with E-state index in [1.807, 2.05) is 25.1 Å². The van der Waals surface area contributed by atoms with Gasteiger partial charge in [-0.05, 0) is 55.0 Å². The number of anilines is 2. The first-order valence-electron chi connectivity index (χ1n) is 6.07. The zero-order valence-corrected chi connectivity index (χ0v) is 12.1. The van der Waals surface area contributed by atoms with Crippen LogP contribution < -0.4 is 15.4 Å². The zero-order chi connectivity index (χ0) is 14.5. The van der Waals surface area contributed by atoms with Crippen molar-refractivity contribution in [3.05, 3.63) is 53.8 Å². The van der Waals surface area contributed by atoms with Gasteiger partial charge >= 0.3 is 0 Å². The lowest BCUT2D eigenvalue weighted by atomic mass is 10.2. The van der Waals surface area contributed by atoms with Crippen molar-refractivity contribution in [3.63, 3.8) is 0 Å². The molecule has 0 aliphatic carbocycles. The average molecular weight is 290 g/mol. The number of ether oxygens (including phenoxy) is 1. The number of methoxy groups -OCH3 is 1. The van der Waals surface area contributed by atoms with Gasteiger partial charge < -0.3 is 15.4 Å². The lowest BCUT2D eigenvalue weighted by molar-refractivity contribution is 0.414. The van der Waals surface area contributed by atoms with Crippen LogP contribution in [0.4, 0.5) is 15.8 Å². The second-order valence-electron chi connectivity index (χ2n) is 4.24. The van der Waals surface area contributed by atoms with E-state index in [0.29, 0.717) is 10.8 Å². The number of thiocarbonyl (C=S) groups is 1. The van der Waals surface area contributed by atoms with E-state index in [2.05, 4.69) is 10.6 Å². The lowest BCUT2D eigenvalue weighted by Crippen LogP contribution is -2.20. The number of aryl methyl sites for hydroxylation is 1. The number of hydrogen-bond donors (Lipinski definition) is 2. The molecule has 0 aromatic heterocycles. The highest BCUT2D eigenvalue weighted by Gasteiger charge is 2.05. The van der Waals surface area contributed by atoms with Crippen molar-refractivity contribution >= 4 is 28.7 Å². The predicted molar refractivity (Wildman–Crippen MR) is 84.0 cm³/mol. The smallest absolute Gasteiger partial charge is 0.175 e. The van der Waals surface area contributed by atoms with E-state index >= 15 is 0 Å². The first-order chi connectivity index (χ1) is 9.60. The van der Waals surface area contributed by atoms with Crippen LogP contribution in [0.2, 0.25) is 0 Å². The second kappa shape index (κ2) is 6.34. The molecule has 0 spiro atoms. The number of para-hydroxylation sites is 1. The minimum absolute atomic E-state index is 0.336. The van der Waals surface area contributed by atoms with Gasteiger partial charge in [0.2, 0.25) is 0 Å². The number of benzene rings is 2. The van der Waals surface area contributed by atoms with Crippen LogP contribution in [0.25, 0.3) is 0 Å². The largest absolute Gasteiger partial charge is 0.497 e. The van der Waals surface area contributed by atoms with Crippen molar-refractivity contribution in [2.24, 2.45) is 0 Å². The minimum Gasteiger partial charge on any atom is -0.497 e. The van der Waals surface area contributed by atoms with Gasteiger partial charge in [0.1, 0.15) is 11.6 Å². The Hall–Kier alpha value is -2.14. The monoisotopic (exact) mass is 290 g/mol. The molecule has 0 atom stereocenters. The Morgan fingerprint density at radius 3 is 2.45 bits per heavy atom. The van der Waals surface area contributed by atoms with Crippen molar-refractivity contribution in [3.8, 4) is 5.75 Å². The molecule has 2 aromatic rings.